The SMILES string of the molecule is COCCNCc1ccccc1Sc1ccc(OC)cc1. The van der Waals surface area contributed by atoms with Crippen molar-refractivity contribution in [2.75, 3.05) is 27.4 Å². The van der Waals surface area contributed by atoms with Crippen molar-refractivity contribution in [1.29, 1.82) is 0 Å². The molecule has 4 heteroatoms. The first-order chi connectivity index (χ1) is 10.3. The molecule has 0 fully saturated rings. The van der Waals surface area contributed by atoms with Gasteiger partial charge in [0.05, 0.1) is 13.7 Å². The predicted molar refractivity (Wildman–Crippen MR) is 87.1 cm³/mol. The zero-order valence-corrected chi connectivity index (χ0v) is 13.3. The Bertz CT molecular complexity index is 543. The van der Waals surface area contributed by atoms with Gasteiger partial charge in [0.15, 0.2) is 0 Å². The smallest absolute Gasteiger partial charge is 0.118 e. The quantitative estimate of drug-likeness (QED) is 0.755. The molecule has 0 aromatic heterocycles. The van der Waals surface area contributed by atoms with Crippen LogP contribution in [0.2, 0.25) is 0 Å². The number of hydrogen-bond donors (Lipinski definition) is 1. The van der Waals surface area contributed by atoms with Gasteiger partial charge in [0.1, 0.15) is 5.75 Å². The van der Waals surface area contributed by atoms with Gasteiger partial charge in [-0.2, -0.15) is 0 Å². The molecule has 0 spiro atoms. The molecule has 0 aliphatic heterocycles. The van der Waals surface area contributed by atoms with E-state index in [0.717, 1.165) is 25.4 Å². The van der Waals surface area contributed by atoms with Gasteiger partial charge in [-0.25, -0.2) is 0 Å². The van der Waals surface area contributed by atoms with Crippen LogP contribution in [0.15, 0.2) is 58.3 Å². The molecular weight excluding hydrogens is 282 g/mol. The fourth-order valence-electron chi connectivity index (χ4n) is 1.92. The summed E-state index contributed by atoms with van der Waals surface area (Å²) in [6.07, 6.45) is 0. The lowest BCUT2D eigenvalue weighted by molar-refractivity contribution is 0.199. The van der Waals surface area contributed by atoms with Gasteiger partial charge in [-0.3, -0.25) is 0 Å². The fourth-order valence-corrected chi connectivity index (χ4v) is 2.86. The number of ether oxygens (including phenoxy) is 2. The number of benzene rings is 2. The number of rotatable bonds is 8. The van der Waals surface area contributed by atoms with Crippen LogP contribution in [0, 0.1) is 0 Å². The van der Waals surface area contributed by atoms with Gasteiger partial charge < -0.3 is 14.8 Å². The van der Waals surface area contributed by atoms with Gasteiger partial charge in [-0.05, 0) is 35.9 Å². The van der Waals surface area contributed by atoms with Crippen molar-refractivity contribution in [3.8, 4) is 5.75 Å². The van der Waals surface area contributed by atoms with Crippen molar-refractivity contribution in [2.45, 2.75) is 16.3 Å². The molecule has 0 amide bonds. The fraction of sp³-hybridized carbons (Fsp3) is 0.294. The van der Waals surface area contributed by atoms with Gasteiger partial charge in [0.25, 0.3) is 0 Å². The molecule has 0 unspecified atom stereocenters. The predicted octanol–water partition coefficient (Wildman–Crippen LogP) is 3.58. The summed E-state index contributed by atoms with van der Waals surface area (Å²) in [6, 6.07) is 16.6. The second-order valence-corrected chi connectivity index (χ2v) is 5.67. The van der Waals surface area contributed by atoms with E-state index >= 15 is 0 Å². The van der Waals surface area contributed by atoms with Crippen molar-refractivity contribution in [2.24, 2.45) is 0 Å². The van der Waals surface area contributed by atoms with Crippen molar-refractivity contribution >= 4 is 11.8 Å². The standard InChI is InChI=1S/C17H21NO2S/c1-19-12-11-18-13-14-5-3-4-6-17(14)21-16-9-7-15(20-2)8-10-16/h3-10,18H,11-13H2,1-2H3. The van der Waals surface area contributed by atoms with Gasteiger partial charge in [-0.1, -0.05) is 30.0 Å². The second kappa shape index (κ2) is 8.72. The first-order valence-electron chi connectivity index (χ1n) is 6.93. The third-order valence-electron chi connectivity index (χ3n) is 3.06. The van der Waals surface area contributed by atoms with Crippen LogP contribution in [0.5, 0.6) is 5.75 Å². The lowest BCUT2D eigenvalue weighted by Gasteiger charge is -2.10. The largest absolute Gasteiger partial charge is 0.497 e. The van der Waals surface area contributed by atoms with Crippen LogP contribution in [0.1, 0.15) is 5.56 Å². The summed E-state index contributed by atoms with van der Waals surface area (Å²) in [5.41, 5.74) is 1.30. The highest BCUT2D eigenvalue weighted by Crippen LogP contribution is 2.31. The van der Waals surface area contributed by atoms with Crippen molar-refractivity contribution in [3.63, 3.8) is 0 Å². The lowest BCUT2D eigenvalue weighted by Crippen LogP contribution is -2.18. The average Bonchev–Trinajstić information content (AvgIpc) is 2.54. The summed E-state index contributed by atoms with van der Waals surface area (Å²) in [6.45, 7) is 2.44. The summed E-state index contributed by atoms with van der Waals surface area (Å²) in [5, 5.41) is 3.39. The highest BCUT2D eigenvalue weighted by Gasteiger charge is 2.04. The lowest BCUT2D eigenvalue weighted by atomic mass is 10.2. The van der Waals surface area contributed by atoms with E-state index in [1.54, 1.807) is 26.0 Å². The van der Waals surface area contributed by atoms with E-state index in [1.165, 1.54) is 15.4 Å². The Kier molecular flexibility index (Phi) is 6.60. The minimum atomic E-state index is 0.730. The van der Waals surface area contributed by atoms with E-state index in [9.17, 15) is 0 Å². The Morgan fingerprint density at radius 3 is 2.48 bits per heavy atom. The van der Waals surface area contributed by atoms with Crippen LogP contribution in [0.4, 0.5) is 0 Å². The second-order valence-electron chi connectivity index (χ2n) is 4.55. The van der Waals surface area contributed by atoms with Crippen LogP contribution in [-0.4, -0.2) is 27.4 Å². The van der Waals surface area contributed by atoms with Gasteiger partial charge in [0.2, 0.25) is 0 Å². The van der Waals surface area contributed by atoms with Crippen molar-refractivity contribution in [1.82, 2.24) is 5.32 Å². The molecule has 112 valence electrons. The molecule has 0 saturated heterocycles. The molecule has 0 aliphatic rings. The van der Waals surface area contributed by atoms with E-state index in [2.05, 4.69) is 41.7 Å². The molecule has 0 heterocycles. The molecule has 2 rings (SSSR count). The molecule has 21 heavy (non-hydrogen) atoms. The van der Waals surface area contributed by atoms with Gasteiger partial charge >= 0.3 is 0 Å². The Hall–Kier alpha value is -1.49. The van der Waals surface area contributed by atoms with Crippen LogP contribution >= 0.6 is 11.8 Å². The minimum Gasteiger partial charge on any atom is -0.497 e. The van der Waals surface area contributed by atoms with Crippen molar-refractivity contribution in [3.05, 3.63) is 54.1 Å². The zero-order chi connectivity index (χ0) is 14.9. The Labute approximate surface area is 130 Å². The normalized spacial score (nSPS) is 10.6. The Morgan fingerprint density at radius 2 is 1.76 bits per heavy atom. The first-order valence-corrected chi connectivity index (χ1v) is 7.74. The van der Waals surface area contributed by atoms with Gasteiger partial charge in [-0.15, -0.1) is 0 Å². The van der Waals surface area contributed by atoms with E-state index < -0.39 is 0 Å². The number of methoxy groups -OCH3 is 2. The van der Waals surface area contributed by atoms with Crippen LogP contribution in [0.3, 0.4) is 0 Å². The Morgan fingerprint density at radius 1 is 1.00 bits per heavy atom. The van der Waals surface area contributed by atoms with E-state index in [-0.39, 0.29) is 0 Å². The number of hydrogen-bond acceptors (Lipinski definition) is 4. The van der Waals surface area contributed by atoms with E-state index in [0.29, 0.717) is 0 Å². The van der Waals surface area contributed by atoms with Crippen LogP contribution in [0.25, 0.3) is 0 Å². The maximum absolute atomic E-state index is 5.19. The molecule has 2 aromatic rings. The molecule has 0 atom stereocenters. The highest BCUT2D eigenvalue weighted by atomic mass is 32.2. The summed E-state index contributed by atoms with van der Waals surface area (Å²) in [7, 11) is 3.40. The third-order valence-corrected chi connectivity index (χ3v) is 4.18. The molecule has 0 bridgehead atoms. The topological polar surface area (TPSA) is 30.5 Å². The third kappa shape index (κ3) is 5.08. The Balaban J connectivity index is 2.01. The van der Waals surface area contributed by atoms with E-state index in [4.69, 9.17) is 9.47 Å². The molecule has 0 saturated carbocycles. The summed E-state index contributed by atoms with van der Waals surface area (Å²) < 4.78 is 10.2. The van der Waals surface area contributed by atoms with Gasteiger partial charge in [0, 0.05) is 30.0 Å². The molecule has 2 aromatic carbocycles. The maximum Gasteiger partial charge on any atom is 0.118 e. The molecular formula is C17H21NO2S. The summed E-state index contributed by atoms with van der Waals surface area (Å²) in [5.74, 6) is 0.883. The molecule has 0 radical (unpaired) electrons. The number of nitrogens with one attached hydrogen (secondary N) is 1. The summed E-state index contributed by atoms with van der Waals surface area (Å²) in [4.78, 5) is 2.48. The zero-order valence-electron chi connectivity index (χ0n) is 12.5. The first kappa shape index (κ1) is 15.9. The molecule has 1 N–H and O–H groups in total. The van der Waals surface area contributed by atoms with Crippen LogP contribution in [-0.2, 0) is 11.3 Å². The highest BCUT2D eigenvalue weighted by molar-refractivity contribution is 7.99. The molecule has 3 nitrogen and oxygen atoms in total. The average molecular weight is 303 g/mol. The van der Waals surface area contributed by atoms with Crippen LogP contribution < -0.4 is 10.1 Å². The summed E-state index contributed by atoms with van der Waals surface area (Å²) >= 11 is 1.77. The maximum atomic E-state index is 5.19. The van der Waals surface area contributed by atoms with E-state index in [1.807, 2.05) is 12.1 Å². The minimum absolute atomic E-state index is 0.730. The van der Waals surface area contributed by atoms with Crippen molar-refractivity contribution < 1.29 is 9.47 Å². The molecule has 0 aliphatic carbocycles. The monoisotopic (exact) mass is 303 g/mol.